The van der Waals surface area contributed by atoms with Crippen molar-refractivity contribution in [2.45, 2.75) is 26.1 Å². The predicted molar refractivity (Wildman–Crippen MR) is 98.8 cm³/mol. The van der Waals surface area contributed by atoms with Crippen LogP contribution in [-0.4, -0.2) is 59.9 Å². The van der Waals surface area contributed by atoms with Gasteiger partial charge in [-0.3, -0.25) is 4.90 Å². The molecule has 0 bridgehead atoms. The number of rotatable bonds is 6. The lowest BCUT2D eigenvalue weighted by atomic mass is 10.2. The molecule has 0 unspecified atom stereocenters. The molecule has 1 fully saturated rings. The van der Waals surface area contributed by atoms with Crippen molar-refractivity contribution < 1.29 is 8.42 Å². The van der Waals surface area contributed by atoms with Gasteiger partial charge in [-0.15, -0.1) is 0 Å². The minimum atomic E-state index is -3.25. The van der Waals surface area contributed by atoms with E-state index in [1.165, 1.54) is 0 Å². The maximum atomic E-state index is 12.7. The highest BCUT2D eigenvalue weighted by Gasteiger charge is 2.27. The second kappa shape index (κ2) is 7.68. The molecule has 7 heteroatoms. The predicted octanol–water partition coefficient (Wildman–Crippen LogP) is 1.65. The van der Waals surface area contributed by atoms with Crippen molar-refractivity contribution in [1.29, 1.82) is 0 Å². The molecule has 2 heterocycles. The minimum Gasteiger partial charge on any atom is -0.334 e. The first-order chi connectivity index (χ1) is 11.9. The molecule has 0 aliphatic carbocycles. The molecule has 1 aliphatic heterocycles. The summed E-state index contributed by atoms with van der Waals surface area (Å²) >= 11 is 0. The number of sulfonamides is 1. The van der Waals surface area contributed by atoms with Crippen molar-refractivity contribution in [3.63, 3.8) is 0 Å². The Morgan fingerprint density at radius 3 is 2.48 bits per heavy atom. The van der Waals surface area contributed by atoms with Crippen molar-refractivity contribution >= 4 is 10.0 Å². The Balaban J connectivity index is 1.51. The molecule has 0 amide bonds. The number of hydrogen-bond donors (Lipinski definition) is 0. The molecule has 0 spiro atoms. The van der Waals surface area contributed by atoms with Crippen LogP contribution in [0.25, 0.3) is 0 Å². The summed E-state index contributed by atoms with van der Waals surface area (Å²) in [7, 11) is -3.25. The van der Waals surface area contributed by atoms with Crippen LogP contribution in [0.3, 0.4) is 0 Å². The van der Waals surface area contributed by atoms with Crippen LogP contribution in [0, 0.1) is 13.8 Å². The van der Waals surface area contributed by atoms with Gasteiger partial charge in [0.1, 0.15) is 5.82 Å². The number of aryl methyl sites for hydroxylation is 2. The van der Waals surface area contributed by atoms with E-state index in [9.17, 15) is 8.42 Å². The van der Waals surface area contributed by atoms with Crippen molar-refractivity contribution in [2.75, 3.05) is 32.7 Å². The number of piperazine rings is 1. The van der Waals surface area contributed by atoms with Crippen LogP contribution in [0.5, 0.6) is 0 Å². The average molecular weight is 362 g/mol. The van der Waals surface area contributed by atoms with Crippen molar-refractivity contribution in [3.05, 3.63) is 53.6 Å². The molecule has 136 valence electrons. The molecule has 1 aromatic carbocycles. The number of benzene rings is 1. The molecular weight excluding hydrogens is 336 g/mol. The summed E-state index contributed by atoms with van der Waals surface area (Å²) < 4.78 is 29.1. The van der Waals surface area contributed by atoms with Crippen LogP contribution in [-0.2, 0) is 22.3 Å². The van der Waals surface area contributed by atoms with Crippen LogP contribution >= 0.6 is 0 Å². The van der Waals surface area contributed by atoms with E-state index in [2.05, 4.69) is 14.5 Å². The maximum Gasteiger partial charge on any atom is 0.218 e. The van der Waals surface area contributed by atoms with Crippen LogP contribution in [0.1, 0.15) is 17.0 Å². The van der Waals surface area contributed by atoms with E-state index in [0.717, 1.165) is 43.1 Å². The third kappa shape index (κ3) is 4.68. The molecule has 1 aliphatic rings. The van der Waals surface area contributed by atoms with Crippen molar-refractivity contribution in [1.82, 2.24) is 18.8 Å². The molecule has 0 radical (unpaired) electrons. The highest BCUT2D eigenvalue weighted by molar-refractivity contribution is 7.88. The molecule has 6 nitrogen and oxygen atoms in total. The lowest BCUT2D eigenvalue weighted by Gasteiger charge is -2.34. The summed E-state index contributed by atoms with van der Waals surface area (Å²) in [6.45, 7) is 8.48. The Morgan fingerprint density at radius 2 is 1.84 bits per heavy atom. The van der Waals surface area contributed by atoms with Gasteiger partial charge in [0.25, 0.3) is 0 Å². The second-order valence-electron chi connectivity index (χ2n) is 6.65. The van der Waals surface area contributed by atoms with Gasteiger partial charge in [-0.2, -0.15) is 4.31 Å². The fraction of sp³-hybridized carbons (Fsp3) is 0.500. The third-order valence-corrected chi connectivity index (χ3v) is 6.59. The highest BCUT2D eigenvalue weighted by atomic mass is 32.2. The second-order valence-corrected chi connectivity index (χ2v) is 8.62. The summed E-state index contributed by atoms with van der Waals surface area (Å²) in [5.74, 6) is 1.10. The quantitative estimate of drug-likeness (QED) is 0.784. The normalized spacial score (nSPS) is 17.0. The molecule has 1 aromatic heterocycles. The zero-order chi connectivity index (χ0) is 17.9. The Morgan fingerprint density at radius 1 is 1.08 bits per heavy atom. The maximum absolute atomic E-state index is 12.7. The SMILES string of the molecule is Cc1cccc(CS(=O)(=O)N2CCN(CCn3ccnc3C)CC2)c1. The van der Waals surface area contributed by atoms with Crippen LogP contribution in [0.4, 0.5) is 0 Å². The highest BCUT2D eigenvalue weighted by Crippen LogP contribution is 2.15. The van der Waals surface area contributed by atoms with Crippen molar-refractivity contribution in [2.24, 2.45) is 0 Å². The van der Waals surface area contributed by atoms with Gasteiger partial charge in [0.05, 0.1) is 5.75 Å². The van der Waals surface area contributed by atoms with Crippen molar-refractivity contribution in [3.8, 4) is 0 Å². The smallest absolute Gasteiger partial charge is 0.218 e. The van der Waals surface area contributed by atoms with Crippen LogP contribution in [0.2, 0.25) is 0 Å². The topological polar surface area (TPSA) is 58.4 Å². The number of nitrogens with zero attached hydrogens (tertiary/aromatic N) is 4. The van der Waals surface area contributed by atoms with Gasteiger partial charge in [-0.1, -0.05) is 29.8 Å². The molecule has 3 rings (SSSR count). The zero-order valence-corrected chi connectivity index (χ0v) is 15.7. The van der Waals surface area contributed by atoms with Gasteiger partial charge in [0.2, 0.25) is 10.0 Å². The first kappa shape index (κ1) is 18.1. The Labute approximate surface area is 150 Å². The molecule has 0 atom stereocenters. The monoisotopic (exact) mass is 362 g/mol. The number of imidazole rings is 1. The summed E-state index contributed by atoms with van der Waals surface area (Å²) in [5.41, 5.74) is 1.95. The van der Waals surface area contributed by atoms with Crippen LogP contribution in [0.15, 0.2) is 36.7 Å². The molecule has 0 saturated carbocycles. The van der Waals surface area contributed by atoms with Gasteiger partial charge in [0.15, 0.2) is 0 Å². The van der Waals surface area contributed by atoms with Gasteiger partial charge in [0, 0.05) is 51.7 Å². The van der Waals surface area contributed by atoms with E-state index < -0.39 is 10.0 Å². The molecule has 1 saturated heterocycles. The molecule has 2 aromatic rings. The summed E-state index contributed by atoms with van der Waals surface area (Å²) in [5, 5.41) is 0. The van der Waals surface area contributed by atoms with E-state index >= 15 is 0 Å². The van der Waals surface area contributed by atoms with E-state index in [1.807, 2.05) is 50.5 Å². The van der Waals surface area contributed by atoms with Gasteiger partial charge in [-0.05, 0) is 19.4 Å². The molecule has 0 N–H and O–H groups in total. The van der Waals surface area contributed by atoms with E-state index in [-0.39, 0.29) is 5.75 Å². The standard InChI is InChI=1S/C18H26N4O2S/c1-16-4-3-5-18(14-16)15-25(23,24)22-12-9-20(10-13-22)8-11-21-7-6-19-17(21)2/h3-7,14H,8-13,15H2,1-2H3. The van der Waals surface area contributed by atoms with Crippen LogP contribution < -0.4 is 0 Å². The minimum absolute atomic E-state index is 0.0862. The largest absolute Gasteiger partial charge is 0.334 e. The Hall–Kier alpha value is -1.70. The fourth-order valence-electron chi connectivity index (χ4n) is 3.22. The van der Waals surface area contributed by atoms with E-state index in [1.54, 1.807) is 4.31 Å². The number of hydrogen-bond acceptors (Lipinski definition) is 4. The van der Waals surface area contributed by atoms with Gasteiger partial charge >= 0.3 is 0 Å². The van der Waals surface area contributed by atoms with Gasteiger partial charge in [-0.25, -0.2) is 13.4 Å². The van der Waals surface area contributed by atoms with Gasteiger partial charge < -0.3 is 4.57 Å². The lowest BCUT2D eigenvalue weighted by Crippen LogP contribution is -2.49. The fourth-order valence-corrected chi connectivity index (χ4v) is 4.73. The Bertz CT molecular complexity index is 808. The first-order valence-electron chi connectivity index (χ1n) is 8.67. The molecule has 25 heavy (non-hydrogen) atoms. The summed E-state index contributed by atoms with van der Waals surface area (Å²) in [4.78, 5) is 6.55. The molecular formula is C18H26N4O2S. The average Bonchev–Trinajstić information content (AvgIpc) is 2.98. The lowest BCUT2D eigenvalue weighted by molar-refractivity contribution is 0.182. The summed E-state index contributed by atoms with van der Waals surface area (Å²) in [6, 6.07) is 7.72. The third-order valence-electron chi connectivity index (χ3n) is 4.74. The zero-order valence-electron chi connectivity index (χ0n) is 14.9. The Kier molecular flexibility index (Phi) is 5.56. The van der Waals surface area contributed by atoms with E-state index in [4.69, 9.17) is 0 Å². The number of aromatic nitrogens is 2. The first-order valence-corrected chi connectivity index (χ1v) is 10.3. The van der Waals surface area contributed by atoms with E-state index in [0.29, 0.717) is 13.1 Å². The summed E-state index contributed by atoms with van der Waals surface area (Å²) in [6.07, 6.45) is 3.79.